The third-order valence-electron chi connectivity index (χ3n) is 8.06. The van der Waals surface area contributed by atoms with Crippen LogP contribution in [0.5, 0.6) is 0 Å². The highest BCUT2D eigenvalue weighted by Gasteiger charge is 2.30. The maximum absolute atomic E-state index is 5.20. The predicted molar refractivity (Wildman–Crippen MR) is 190 cm³/mol. The van der Waals surface area contributed by atoms with Crippen LogP contribution in [0.25, 0.3) is 5.70 Å². The lowest BCUT2D eigenvalue weighted by atomic mass is 9.99. The van der Waals surface area contributed by atoms with E-state index < -0.39 is 0 Å². The monoisotopic (exact) mass is 588 g/mol. The van der Waals surface area contributed by atoms with Gasteiger partial charge in [-0.25, -0.2) is 9.98 Å². The van der Waals surface area contributed by atoms with Crippen molar-refractivity contribution in [2.75, 3.05) is 29.6 Å². The van der Waals surface area contributed by atoms with E-state index in [-0.39, 0.29) is 0 Å². The molecule has 0 amide bonds. The first-order valence-corrected chi connectivity index (χ1v) is 15.4. The molecule has 0 aliphatic carbocycles. The van der Waals surface area contributed by atoms with Crippen LogP contribution < -0.4 is 15.5 Å². The number of aryl methyl sites for hydroxylation is 1. The molecular formula is C39H36N6. The maximum atomic E-state index is 5.20. The van der Waals surface area contributed by atoms with Crippen LogP contribution in [-0.2, 0) is 6.42 Å². The summed E-state index contributed by atoms with van der Waals surface area (Å²) in [5, 5.41) is 7.29. The summed E-state index contributed by atoms with van der Waals surface area (Å²) in [5.74, 6) is 0.654. The summed E-state index contributed by atoms with van der Waals surface area (Å²) in [5.41, 5.74) is 12.3. The minimum atomic E-state index is 0.654. The third kappa shape index (κ3) is 5.83. The molecule has 4 aromatic carbocycles. The van der Waals surface area contributed by atoms with Crippen molar-refractivity contribution in [2.45, 2.75) is 19.8 Å². The number of allylic oxidation sites excluding steroid dienone is 5. The average molecular weight is 589 g/mol. The van der Waals surface area contributed by atoms with Crippen molar-refractivity contribution in [3.63, 3.8) is 0 Å². The smallest absolute Gasteiger partial charge is 0.235 e. The number of para-hydroxylation sites is 2. The summed E-state index contributed by atoms with van der Waals surface area (Å²) >= 11 is 0. The molecule has 2 N–H and O–H groups in total. The standard InChI is InChI=1S/C39H36N6/c1-4-12-27-19-21-33(35(23-27)40-28-13-7-5-8-14-28)37-25-31-17-11-18-32-26-38(43-39(42-37)45(31)32)34-22-20-30(44(2)3)24-36(34)41-29-15-9-6-10-16-29/h5-11,13-26,40-41H,4,12H2,1-3H3. The van der Waals surface area contributed by atoms with Gasteiger partial charge in [-0.1, -0.05) is 68.0 Å². The Hall–Kier alpha value is -5.62. The molecule has 3 heterocycles. The lowest BCUT2D eigenvalue weighted by molar-refractivity contribution is 0.648. The summed E-state index contributed by atoms with van der Waals surface area (Å²) < 4.78 is 0. The summed E-state index contributed by atoms with van der Waals surface area (Å²) in [7, 11) is 4.11. The second-order valence-corrected chi connectivity index (χ2v) is 11.5. The number of nitrogens with one attached hydrogen (secondary N) is 2. The van der Waals surface area contributed by atoms with E-state index in [1.807, 2.05) is 36.4 Å². The van der Waals surface area contributed by atoms with Gasteiger partial charge in [0.05, 0.1) is 28.5 Å². The Balaban J connectivity index is 1.32. The van der Waals surface area contributed by atoms with Crippen LogP contribution in [0.1, 0.15) is 30.0 Å². The number of benzene rings is 4. The maximum Gasteiger partial charge on any atom is 0.235 e. The SMILES string of the molecule is CCCc1ccc(C2=CC3=CC=CC4=CC(c5ccc(N(C)C)cc5Nc5ccccc5)=NC(=N2)N34)c(Nc2ccccc2)c1. The minimum absolute atomic E-state index is 0.654. The molecule has 0 spiro atoms. The van der Waals surface area contributed by atoms with Crippen LogP contribution in [0, 0.1) is 0 Å². The lowest BCUT2D eigenvalue weighted by Gasteiger charge is -2.34. The zero-order valence-corrected chi connectivity index (χ0v) is 25.8. The quantitative estimate of drug-likeness (QED) is 0.205. The molecule has 45 heavy (non-hydrogen) atoms. The normalized spacial score (nSPS) is 14.8. The van der Waals surface area contributed by atoms with Gasteiger partial charge in [0.1, 0.15) is 0 Å². The molecule has 7 rings (SSSR count). The van der Waals surface area contributed by atoms with E-state index in [1.54, 1.807) is 0 Å². The Morgan fingerprint density at radius 1 is 0.711 bits per heavy atom. The van der Waals surface area contributed by atoms with Gasteiger partial charge in [0, 0.05) is 48.0 Å². The van der Waals surface area contributed by atoms with Crippen LogP contribution in [0.2, 0.25) is 0 Å². The fraction of sp³-hybridized carbons (Fsp3) is 0.128. The Bertz CT molecular complexity index is 1930. The van der Waals surface area contributed by atoms with Crippen molar-refractivity contribution in [1.82, 2.24) is 4.90 Å². The molecule has 3 aliphatic heterocycles. The second kappa shape index (κ2) is 12.2. The fourth-order valence-corrected chi connectivity index (χ4v) is 5.81. The molecule has 0 atom stereocenters. The summed E-state index contributed by atoms with van der Waals surface area (Å²) in [4.78, 5) is 14.6. The molecule has 0 bridgehead atoms. The zero-order valence-electron chi connectivity index (χ0n) is 25.8. The number of anilines is 5. The summed E-state index contributed by atoms with van der Waals surface area (Å²) in [6, 6.07) is 33.7. The summed E-state index contributed by atoms with van der Waals surface area (Å²) in [6.45, 7) is 2.21. The number of hydrogen-bond donors (Lipinski definition) is 2. The number of hydrogen-bond acceptors (Lipinski definition) is 6. The molecule has 3 aliphatic rings. The molecule has 6 heteroatoms. The third-order valence-corrected chi connectivity index (χ3v) is 8.06. The average Bonchev–Trinajstić information content (AvgIpc) is 3.06. The van der Waals surface area contributed by atoms with Crippen molar-refractivity contribution in [1.29, 1.82) is 0 Å². The van der Waals surface area contributed by atoms with E-state index in [0.717, 1.165) is 75.2 Å². The Morgan fingerprint density at radius 3 is 2.09 bits per heavy atom. The van der Waals surface area contributed by atoms with Crippen molar-refractivity contribution in [2.24, 2.45) is 9.98 Å². The first-order valence-electron chi connectivity index (χ1n) is 15.4. The van der Waals surface area contributed by atoms with Gasteiger partial charge in [-0.2, -0.15) is 0 Å². The van der Waals surface area contributed by atoms with Crippen LogP contribution in [0.15, 0.2) is 149 Å². The predicted octanol–water partition coefficient (Wildman–Crippen LogP) is 9.05. The lowest BCUT2D eigenvalue weighted by Crippen LogP contribution is -2.34. The van der Waals surface area contributed by atoms with E-state index in [9.17, 15) is 0 Å². The first-order chi connectivity index (χ1) is 22.1. The second-order valence-electron chi connectivity index (χ2n) is 11.5. The van der Waals surface area contributed by atoms with E-state index in [1.165, 1.54) is 5.56 Å². The van der Waals surface area contributed by atoms with Gasteiger partial charge in [0.2, 0.25) is 5.96 Å². The highest BCUT2D eigenvalue weighted by molar-refractivity contribution is 6.20. The highest BCUT2D eigenvalue weighted by atomic mass is 15.3. The van der Waals surface area contributed by atoms with Crippen molar-refractivity contribution >= 4 is 45.8 Å². The fourth-order valence-electron chi connectivity index (χ4n) is 5.81. The molecule has 6 nitrogen and oxygen atoms in total. The van der Waals surface area contributed by atoms with Gasteiger partial charge in [0.15, 0.2) is 0 Å². The van der Waals surface area contributed by atoms with Gasteiger partial charge in [-0.15, -0.1) is 0 Å². The van der Waals surface area contributed by atoms with Crippen molar-refractivity contribution < 1.29 is 0 Å². The van der Waals surface area contributed by atoms with Crippen LogP contribution in [0.3, 0.4) is 0 Å². The largest absolute Gasteiger partial charge is 0.378 e. The minimum Gasteiger partial charge on any atom is -0.378 e. The van der Waals surface area contributed by atoms with Crippen LogP contribution in [-0.4, -0.2) is 30.7 Å². The van der Waals surface area contributed by atoms with E-state index >= 15 is 0 Å². The Morgan fingerprint density at radius 2 is 1.40 bits per heavy atom. The van der Waals surface area contributed by atoms with Gasteiger partial charge in [0.25, 0.3) is 0 Å². The van der Waals surface area contributed by atoms with Crippen molar-refractivity contribution in [3.05, 3.63) is 156 Å². The topological polar surface area (TPSA) is 55.3 Å². The van der Waals surface area contributed by atoms with Gasteiger partial charge < -0.3 is 15.5 Å². The van der Waals surface area contributed by atoms with E-state index in [2.05, 4.69) is 132 Å². The molecule has 0 radical (unpaired) electrons. The molecule has 0 saturated carbocycles. The van der Waals surface area contributed by atoms with Gasteiger partial charge in [-0.3, -0.25) is 4.90 Å². The van der Waals surface area contributed by atoms with E-state index in [4.69, 9.17) is 9.98 Å². The number of rotatable bonds is 9. The van der Waals surface area contributed by atoms with Gasteiger partial charge >= 0.3 is 0 Å². The van der Waals surface area contributed by atoms with Crippen molar-refractivity contribution in [3.8, 4) is 0 Å². The number of aliphatic imine (C=N–C) groups is 2. The molecule has 222 valence electrons. The van der Waals surface area contributed by atoms with Crippen LogP contribution >= 0.6 is 0 Å². The first kappa shape index (κ1) is 28.2. The molecular weight excluding hydrogens is 552 g/mol. The zero-order chi connectivity index (χ0) is 30.8. The molecule has 0 unspecified atom stereocenters. The molecule has 0 saturated heterocycles. The molecule has 0 fully saturated rings. The molecule has 4 aromatic rings. The molecule has 0 aromatic heterocycles. The highest BCUT2D eigenvalue weighted by Crippen LogP contribution is 2.38. The van der Waals surface area contributed by atoms with Gasteiger partial charge in [-0.05, 0) is 84.8 Å². The van der Waals surface area contributed by atoms with Crippen LogP contribution in [0.4, 0.5) is 28.4 Å². The Kier molecular flexibility index (Phi) is 7.62. The van der Waals surface area contributed by atoms with E-state index in [0.29, 0.717) is 5.96 Å². The number of guanidine groups is 1. The number of nitrogens with zero attached hydrogens (tertiary/aromatic N) is 4. The Labute approximate surface area is 265 Å². The summed E-state index contributed by atoms with van der Waals surface area (Å²) in [6.07, 6.45) is 12.7.